The molecule has 0 unspecified atom stereocenters. The maximum atomic E-state index is 12.3. The fourth-order valence-corrected chi connectivity index (χ4v) is 3.24. The maximum Gasteiger partial charge on any atom is 0.340 e. The average Bonchev–Trinajstić information content (AvgIpc) is 3.00. The molecule has 3 rings (SSSR count). The van der Waals surface area contributed by atoms with Gasteiger partial charge in [0.15, 0.2) is 0 Å². The van der Waals surface area contributed by atoms with Gasteiger partial charge in [0.05, 0.1) is 12.2 Å². The molecule has 1 aromatic carbocycles. The van der Waals surface area contributed by atoms with E-state index in [0.29, 0.717) is 6.61 Å². The van der Waals surface area contributed by atoms with Gasteiger partial charge in [0.2, 0.25) is 0 Å². The molecule has 0 amide bonds. The Morgan fingerprint density at radius 2 is 2.00 bits per heavy atom. The van der Waals surface area contributed by atoms with E-state index in [0.717, 1.165) is 48.2 Å². The van der Waals surface area contributed by atoms with E-state index in [1.165, 1.54) is 11.1 Å². The monoisotopic (exact) mass is 286 g/mol. The molecular weight excluding hydrogens is 264 g/mol. The van der Waals surface area contributed by atoms with Gasteiger partial charge in [-0.05, 0) is 43.5 Å². The third kappa shape index (κ3) is 2.23. The lowest BCUT2D eigenvalue weighted by molar-refractivity contribution is 0.0527. The summed E-state index contributed by atoms with van der Waals surface area (Å²) < 4.78 is 7.51. The minimum absolute atomic E-state index is 0.208. The number of carbonyl (C=O) groups is 1. The lowest BCUT2D eigenvalue weighted by atomic mass is 10.0. The molecule has 112 valence electrons. The molecular formula is C17H22N2O2. The third-order valence-electron chi connectivity index (χ3n) is 4.20. The quantitative estimate of drug-likeness (QED) is 0.878. The average molecular weight is 286 g/mol. The summed E-state index contributed by atoms with van der Waals surface area (Å²) in [6.45, 7) is 9.15. The van der Waals surface area contributed by atoms with E-state index in [1.54, 1.807) is 0 Å². The Balaban J connectivity index is 2.25. The summed E-state index contributed by atoms with van der Waals surface area (Å²) in [5, 5.41) is 4.40. The van der Waals surface area contributed by atoms with Crippen molar-refractivity contribution in [3.05, 3.63) is 34.5 Å². The number of carbonyl (C=O) groups excluding carboxylic acids is 1. The van der Waals surface area contributed by atoms with Crippen LogP contribution >= 0.6 is 0 Å². The molecule has 2 heterocycles. The Bertz CT molecular complexity index is 701. The summed E-state index contributed by atoms with van der Waals surface area (Å²) in [5.74, 6) is -0.208. The summed E-state index contributed by atoms with van der Waals surface area (Å²) in [6.07, 6.45) is 1.04. The van der Waals surface area contributed by atoms with Crippen molar-refractivity contribution in [3.8, 4) is 0 Å². The molecule has 0 bridgehead atoms. The van der Waals surface area contributed by atoms with Gasteiger partial charge in [0.25, 0.3) is 0 Å². The molecule has 4 nitrogen and oxygen atoms in total. The Morgan fingerprint density at radius 1 is 1.29 bits per heavy atom. The third-order valence-corrected chi connectivity index (χ3v) is 4.20. The number of fused-ring (bicyclic) bond motifs is 2. The number of nitrogens with one attached hydrogen (secondary N) is 1. The topological polar surface area (TPSA) is 43.3 Å². The minimum atomic E-state index is -0.208. The first kappa shape index (κ1) is 14.1. The summed E-state index contributed by atoms with van der Waals surface area (Å²) in [7, 11) is 0. The van der Waals surface area contributed by atoms with Crippen LogP contribution in [0.5, 0.6) is 0 Å². The molecule has 1 aliphatic rings. The second kappa shape index (κ2) is 5.53. The predicted molar refractivity (Wildman–Crippen MR) is 83.5 cm³/mol. The second-order valence-corrected chi connectivity index (χ2v) is 5.57. The number of nitrogens with zero attached hydrogens (tertiary/aromatic N) is 1. The molecule has 1 aromatic heterocycles. The lowest BCUT2D eigenvalue weighted by Gasteiger charge is -2.07. The van der Waals surface area contributed by atoms with Crippen molar-refractivity contribution < 1.29 is 9.53 Å². The van der Waals surface area contributed by atoms with Crippen LogP contribution in [0.1, 0.15) is 47.4 Å². The molecule has 0 aliphatic carbocycles. The van der Waals surface area contributed by atoms with Gasteiger partial charge in [-0.2, -0.15) is 0 Å². The number of benzene rings is 1. The molecule has 1 N–H and O–H groups in total. The number of ether oxygens (including phenoxy) is 1. The first-order valence-electron chi connectivity index (χ1n) is 7.69. The highest BCUT2D eigenvalue weighted by molar-refractivity contribution is 6.06. The SMILES string of the molecule is CCCn1c(C)c(C(=O)OCC)c2cc3c(cc21)CNC3. The largest absolute Gasteiger partial charge is 0.462 e. The number of esters is 1. The zero-order chi connectivity index (χ0) is 15.0. The highest BCUT2D eigenvalue weighted by atomic mass is 16.5. The van der Waals surface area contributed by atoms with Crippen LogP contribution in [0, 0.1) is 6.92 Å². The van der Waals surface area contributed by atoms with Gasteiger partial charge >= 0.3 is 5.97 Å². The summed E-state index contributed by atoms with van der Waals surface area (Å²) >= 11 is 0. The van der Waals surface area contributed by atoms with E-state index in [1.807, 2.05) is 13.8 Å². The molecule has 4 heteroatoms. The Morgan fingerprint density at radius 3 is 2.67 bits per heavy atom. The summed E-state index contributed by atoms with van der Waals surface area (Å²) in [4.78, 5) is 12.3. The molecule has 2 aromatic rings. The van der Waals surface area contributed by atoms with E-state index >= 15 is 0 Å². The van der Waals surface area contributed by atoms with Crippen LogP contribution in [-0.4, -0.2) is 17.1 Å². The van der Waals surface area contributed by atoms with E-state index in [2.05, 4.69) is 28.9 Å². The Labute approximate surface area is 125 Å². The zero-order valence-corrected chi connectivity index (χ0v) is 13.0. The van der Waals surface area contributed by atoms with Crippen LogP contribution in [0.25, 0.3) is 10.9 Å². The Hall–Kier alpha value is -1.81. The van der Waals surface area contributed by atoms with Gasteiger partial charge < -0.3 is 14.6 Å². The number of hydrogen-bond donors (Lipinski definition) is 1. The van der Waals surface area contributed by atoms with Crippen molar-refractivity contribution in [2.24, 2.45) is 0 Å². The molecule has 0 saturated heterocycles. The zero-order valence-electron chi connectivity index (χ0n) is 13.0. The molecule has 21 heavy (non-hydrogen) atoms. The molecule has 0 radical (unpaired) electrons. The van der Waals surface area contributed by atoms with Crippen molar-refractivity contribution in [1.29, 1.82) is 0 Å². The first-order chi connectivity index (χ1) is 10.2. The molecule has 1 aliphatic heterocycles. The number of aromatic nitrogens is 1. The van der Waals surface area contributed by atoms with Crippen molar-refractivity contribution >= 4 is 16.9 Å². The molecule has 0 saturated carbocycles. The summed E-state index contributed by atoms with van der Waals surface area (Å²) in [6, 6.07) is 4.39. The van der Waals surface area contributed by atoms with E-state index in [9.17, 15) is 4.79 Å². The lowest BCUT2D eigenvalue weighted by Crippen LogP contribution is -2.07. The van der Waals surface area contributed by atoms with E-state index < -0.39 is 0 Å². The van der Waals surface area contributed by atoms with Crippen molar-refractivity contribution in [3.63, 3.8) is 0 Å². The molecule has 0 atom stereocenters. The number of hydrogen-bond acceptors (Lipinski definition) is 3. The fraction of sp³-hybridized carbons (Fsp3) is 0.471. The predicted octanol–water partition coefficient (Wildman–Crippen LogP) is 3.14. The number of rotatable bonds is 4. The Kier molecular flexibility index (Phi) is 3.72. The standard InChI is InChI=1S/C17H22N2O2/c1-4-6-19-11(3)16(17(20)21-5-2)14-7-12-9-18-10-13(12)8-15(14)19/h7-8,18H,4-6,9-10H2,1-3H3. The highest BCUT2D eigenvalue weighted by Gasteiger charge is 2.23. The van der Waals surface area contributed by atoms with Crippen LogP contribution in [0.2, 0.25) is 0 Å². The van der Waals surface area contributed by atoms with Crippen molar-refractivity contribution in [2.45, 2.75) is 46.8 Å². The van der Waals surface area contributed by atoms with E-state index in [4.69, 9.17) is 4.74 Å². The molecule has 0 spiro atoms. The van der Waals surface area contributed by atoms with Gasteiger partial charge in [-0.15, -0.1) is 0 Å². The van der Waals surface area contributed by atoms with Gasteiger partial charge in [-0.1, -0.05) is 6.92 Å². The van der Waals surface area contributed by atoms with Gasteiger partial charge in [0.1, 0.15) is 0 Å². The molecule has 0 fully saturated rings. The normalized spacial score (nSPS) is 13.7. The van der Waals surface area contributed by atoms with E-state index in [-0.39, 0.29) is 5.97 Å². The van der Waals surface area contributed by atoms with Crippen LogP contribution < -0.4 is 5.32 Å². The van der Waals surface area contributed by atoms with Crippen LogP contribution in [-0.2, 0) is 24.4 Å². The van der Waals surface area contributed by atoms with Gasteiger partial charge in [-0.25, -0.2) is 4.79 Å². The summed E-state index contributed by atoms with van der Waals surface area (Å²) in [5.41, 5.74) is 5.53. The smallest absolute Gasteiger partial charge is 0.340 e. The van der Waals surface area contributed by atoms with Gasteiger partial charge in [-0.3, -0.25) is 0 Å². The fourth-order valence-electron chi connectivity index (χ4n) is 3.24. The van der Waals surface area contributed by atoms with Crippen molar-refractivity contribution in [1.82, 2.24) is 9.88 Å². The van der Waals surface area contributed by atoms with Crippen LogP contribution in [0.3, 0.4) is 0 Å². The van der Waals surface area contributed by atoms with Crippen LogP contribution in [0.15, 0.2) is 12.1 Å². The first-order valence-corrected chi connectivity index (χ1v) is 7.69. The van der Waals surface area contributed by atoms with Gasteiger partial charge in [0, 0.05) is 36.2 Å². The van der Waals surface area contributed by atoms with Crippen LogP contribution in [0.4, 0.5) is 0 Å². The second-order valence-electron chi connectivity index (χ2n) is 5.57. The minimum Gasteiger partial charge on any atom is -0.462 e. The highest BCUT2D eigenvalue weighted by Crippen LogP contribution is 2.31. The van der Waals surface area contributed by atoms with Crippen molar-refractivity contribution in [2.75, 3.05) is 6.61 Å². The maximum absolute atomic E-state index is 12.3. The number of aryl methyl sites for hydroxylation is 1.